The molecule has 0 fully saturated rings. The van der Waals surface area contributed by atoms with E-state index in [0.29, 0.717) is 30.0 Å². The third-order valence-corrected chi connectivity index (χ3v) is 3.59. The summed E-state index contributed by atoms with van der Waals surface area (Å²) in [5.41, 5.74) is 2.00. The molecule has 2 N–H and O–H groups in total. The van der Waals surface area contributed by atoms with E-state index in [0.717, 1.165) is 5.69 Å². The van der Waals surface area contributed by atoms with E-state index >= 15 is 0 Å². The molecule has 1 aliphatic heterocycles. The Morgan fingerprint density at radius 3 is 2.67 bits per heavy atom. The molecular weight excluding hydrogens is 274 g/mol. The quantitative estimate of drug-likeness (QED) is 0.877. The molecule has 2 heterocycles. The molecule has 1 amide bonds. The van der Waals surface area contributed by atoms with E-state index in [-0.39, 0.29) is 12.4 Å². The molecule has 1 aromatic carbocycles. The topological polar surface area (TPSA) is 87.8 Å². The highest BCUT2D eigenvalue weighted by Gasteiger charge is 2.27. The van der Waals surface area contributed by atoms with Crippen molar-refractivity contribution < 1.29 is 19.7 Å². The number of hydrogen-bond acceptors (Lipinski definition) is 4. The molecule has 110 valence electrons. The highest BCUT2D eigenvalue weighted by Crippen LogP contribution is 2.30. The van der Waals surface area contributed by atoms with Crippen molar-refractivity contribution in [2.45, 2.75) is 13.0 Å². The van der Waals surface area contributed by atoms with Gasteiger partial charge in [0, 0.05) is 13.0 Å². The molecule has 0 atom stereocenters. The molecule has 7 heteroatoms. The molecule has 0 spiro atoms. The van der Waals surface area contributed by atoms with Gasteiger partial charge in [-0.3, -0.25) is 0 Å². The monoisotopic (exact) mass is 289 g/mol. The number of nitrogens with zero attached hydrogens (tertiary/aromatic N) is 3. The van der Waals surface area contributed by atoms with Crippen LogP contribution in [0.3, 0.4) is 0 Å². The van der Waals surface area contributed by atoms with Crippen LogP contribution in [0.5, 0.6) is 11.6 Å². The van der Waals surface area contributed by atoms with Crippen molar-refractivity contribution >= 4 is 6.09 Å². The van der Waals surface area contributed by atoms with Crippen molar-refractivity contribution in [3.8, 4) is 17.3 Å². The van der Waals surface area contributed by atoms with Crippen LogP contribution in [0.25, 0.3) is 5.69 Å². The van der Waals surface area contributed by atoms with Crippen LogP contribution in [0.15, 0.2) is 24.3 Å². The average molecular weight is 289 g/mol. The molecular formula is C14H15N3O4. The minimum absolute atomic E-state index is 0.0129. The largest absolute Gasteiger partial charge is 0.497 e. The predicted molar refractivity (Wildman–Crippen MR) is 73.9 cm³/mol. The van der Waals surface area contributed by atoms with Gasteiger partial charge in [-0.2, -0.15) is 5.10 Å². The van der Waals surface area contributed by atoms with E-state index < -0.39 is 6.09 Å². The zero-order chi connectivity index (χ0) is 15.0. The molecule has 0 unspecified atom stereocenters. The fraction of sp³-hybridized carbons (Fsp3) is 0.286. The van der Waals surface area contributed by atoms with Gasteiger partial charge in [-0.1, -0.05) is 0 Å². The minimum Gasteiger partial charge on any atom is -0.497 e. The number of hydrogen-bond donors (Lipinski definition) is 2. The van der Waals surface area contributed by atoms with Gasteiger partial charge in [-0.05, 0) is 24.3 Å². The van der Waals surface area contributed by atoms with Crippen LogP contribution in [0.2, 0.25) is 0 Å². The molecule has 1 aromatic heterocycles. The standard InChI is InChI=1S/C14H15N3O4/c1-21-10-4-2-9(3-5-10)17-13(18)11-8-16(14(19)20)7-6-12(11)15-17/h2-5,18H,6-8H2,1H3,(H,19,20). The van der Waals surface area contributed by atoms with Crippen molar-refractivity contribution in [3.63, 3.8) is 0 Å². The van der Waals surface area contributed by atoms with Crippen molar-refractivity contribution in [2.24, 2.45) is 0 Å². The summed E-state index contributed by atoms with van der Waals surface area (Å²) in [5.74, 6) is 0.702. The molecule has 0 aliphatic carbocycles. The first-order valence-corrected chi connectivity index (χ1v) is 6.52. The lowest BCUT2D eigenvalue weighted by Gasteiger charge is -2.22. The van der Waals surface area contributed by atoms with Crippen molar-refractivity contribution in [3.05, 3.63) is 35.5 Å². The summed E-state index contributed by atoms with van der Waals surface area (Å²) in [4.78, 5) is 12.3. The van der Waals surface area contributed by atoms with Gasteiger partial charge < -0.3 is 19.8 Å². The normalized spacial score (nSPS) is 13.9. The van der Waals surface area contributed by atoms with E-state index in [4.69, 9.17) is 9.84 Å². The number of fused-ring (bicyclic) bond motifs is 1. The fourth-order valence-electron chi connectivity index (χ4n) is 2.43. The summed E-state index contributed by atoms with van der Waals surface area (Å²) in [7, 11) is 1.58. The lowest BCUT2D eigenvalue weighted by molar-refractivity contribution is 0.139. The van der Waals surface area contributed by atoms with Gasteiger partial charge in [-0.15, -0.1) is 0 Å². The number of aromatic nitrogens is 2. The summed E-state index contributed by atoms with van der Waals surface area (Å²) >= 11 is 0. The van der Waals surface area contributed by atoms with Crippen LogP contribution in [-0.2, 0) is 13.0 Å². The molecule has 0 radical (unpaired) electrons. The number of amides is 1. The first-order chi connectivity index (χ1) is 10.1. The maximum atomic E-state index is 11.0. The van der Waals surface area contributed by atoms with Crippen LogP contribution in [-0.4, -0.2) is 44.6 Å². The lowest BCUT2D eigenvalue weighted by Crippen LogP contribution is -2.34. The van der Waals surface area contributed by atoms with E-state index in [1.54, 1.807) is 31.4 Å². The molecule has 3 rings (SSSR count). The first-order valence-electron chi connectivity index (χ1n) is 6.52. The Balaban J connectivity index is 1.96. The van der Waals surface area contributed by atoms with E-state index in [9.17, 15) is 9.90 Å². The number of carboxylic acid groups (broad SMARTS) is 1. The van der Waals surface area contributed by atoms with Crippen molar-refractivity contribution in [2.75, 3.05) is 13.7 Å². The molecule has 2 aromatic rings. The van der Waals surface area contributed by atoms with Gasteiger partial charge >= 0.3 is 6.09 Å². The summed E-state index contributed by atoms with van der Waals surface area (Å²) in [6.07, 6.45) is -0.490. The molecule has 21 heavy (non-hydrogen) atoms. The number of rotatable bonds is 2. The Kier molecular flexibility index (Phi) is 3.17. The zero-order valence-corrected chi connectivity index (χ0v) is 11.5. The summed E-state index contributed by atoms with van der Waals surface area (Å²) in [5, 5.41) is 23.7. The third kappa shape index (κ3) is 2.26. The third-order valence-electron chi connectivity index (χ3n) is 3.59. The van der Waals surface area contributed by atoms with Gasteiger partial charge in [0.15, 0.2) is 0 Å². The second kappa shape index (κ2) is 5.01. The van der Waals surface area contributed by atoms with Crippen LogP contribution in [0.1, 0.15) is 11.3 Å². The number of carbonyl (C=O) groups is 1. The highest BCUT2D eigenvalue weighted by atomic mass is 16.5. The van der Waals surface area contributed by atoms with Crippen molar-refractivity contribution in [1.82, 2.24) is 14.7 Å². The summed E-state index contributed by atoms with van der Waals surface area (Å²) in [6, 6.07) is 7.12. The Hall–Kier alpha value is -2.70. The van der Waals surface area contributed by atoms with Gasteiger partial charge in [0.05, 0.1) is 30.6 Å². The lowest BCUT2D eigenvalue weighted by atomic mass is 10.1. The Morgan fingerprint density at radius 2 is 2.05 bits per heavy atom. The number of methoxy groups -OCH3 is 1. The van der Waals surface area contributed by atoms with Crippen LogP contribution in [0.4, 0.5) is 4.79 Å². The van der Waals surface area contributed by atoms with Gasteiger partial charge in [-0.25, -0.2) is 9.48 Å². The Labute approximate surface area is 121 Å². The van der Waals surface area contributed by atoms with Gasteiger partial charge in [0.2, 0.25) is 5.88 Å². The Bertz CT molecular complexity index is 678. The van der Waals surface area contributed by atoms with E-state index in [1.807, 2.05) is 0 Å². The molecule has 7 nitrogen and oxygen atoms in total. The first kappa shape index (κ1) is 13.3. The van der Waals surface area contributed by atoms with E-state index in [1.165, 1.54) is 9.58 Å². The van der Waals surface area contributed by atoms with Crippen LogP contribution < -0.4 is 4.74 Å². The second-order valence-corrected chi connectivity index (χ2v) is 4.81. The molecule has 1 aliphatic rings. The molecule has 0 bridgehead atoms. The zero-order valence-electron chi connectivity index (χ0n) is 11.5. The SMILES string of the molecule is COc1ccc(-n2nc3c(c2O)CN(C(=O)O)CC3)cc1. The Morgan fingerprint density at radius 1 is 1.33 bits per heavy atom. The van der Waals surface area contributed by atoms with Crippen molar-refractivity contribution in [1.29, 1.82) is 0 Å². The smallest absolute Gasteiger partial charge is 0.407 e. The predicted octanol–water partition coefficient (Wildman–Crippen LogP) is 1.62. The summed E-state index contributed by atoms with van der Waals surface area (Å²) in [6.45, 7) is 0.550. The van der Waals surface area contributed by atoms with Crippen LogP contribution in [0, 0.1) is 0 Å². The van der Waals surface area contributed by atoms with Gasteiger partial charge in [0.1, 0.15) is 5.75 Å². The summed E-state index contributed by atoms with van der Waals surface area (Å²) < 4.78 is 6.52. The maximum Gasteiger partial charge on any atom is 0.407 e. The van der Waals surface area contributed by atoms with Gasteiger partial charge in [0.25, 0.3) is 0 Å². The van der Waals surface area contributed by atoms with Crippen LogP contribution >= 0.6 is 0 Å². The van der Waals surface area contributed by atoms with E-state index in [2.05, 4.69) is 5.10 Å². The second-order valence-electron chi connectivity index (χ2n) is 4.81. The maximum absolute atomic E-state index is 11.0. The average Bonchev–Trinajstić information content (AvgIpc) is 2.84. The minimum atomic E-state index is -0.989. The fourth-order valence-corrected chi connectivity index (χ4v) is 2.43. The molecule has 0 saturated heterocycles. The number of benzene rings is 1. The number of ether oxygens (including phenoxy) is 1. The highest BCUT2D eigenvalue weighted by molar-refractivity contribution is 5.65. The molecule has 0 saturated carbocycles. The number of aromatic hydroxyl groups is 1.